The van der Waals surface area contributed by atoms with Gasteiger partial charge in [0.1, 0.15) is 5.75 Å². The summed E-state index contributed by atoms with van der Waals surface area (Å²) in [5.41, 5.74) is 1.43. The minimum Gasteiger partial charge on any atom is -0.497 e. The summed E-state index contributed by atoms with van der Waals surface area (Å²) in [6.07, 6.45) is 0.153. The van der Waals surface area contributed by atoms with Crippen molar-refractivity contribution in [2.75, 3.05) is 33.4 Å². The van der Waals surface area contributed by atoms with Gasteiger partial charge in [0.05, 0.1) is 26.2 Å². The molecule has 0 N–H and O–H groups in total. The summed E-state index contributed by atoms with van der Waals surface area (Å²) in [6, 6.07) is 16.5. The van der Waals surface area contributed by atoms with Crippen LogP contribution in [0.25, 0.3) is 0 Å². The predicted molar refractivity (Wildman–Crippen MR) is 98.5 cm³/mol. The van der Waals surface area contributed by atoms with E-state index in [9.17, 15) is 9.59 Å². The zero-order valence-electron chi connectivity index (χ0n) is 14.9. The number of carbonyl (C=O) groups is 2. The van der Waals surface area contributed by atoms with Gasteiger partial charge in [-0.05, 0) is 17.7 Å². The van der Waals surface area contributed by atoms with Gasteiger partial charge in [0, 0.05) is 25.1 Å². The molecular formula is C21H23NO4. The number of hydrogen-bond donors (Lipinski definition) is 0. The average Bonchev–Trinajstić information content (AvgIpc) is 2.73. The SMILES string of the molecule is COc1ccc([C@@H](CC(=O)N2CCOCC2)C(=O)c2ccccc2)cc1. The molecular weight excluding hydrogens is 330 g/mol. The van der Waals surface area contributed by atoms with Gasteiger partial charge in [-0.3, -0.25) is 9.59 Å². The lowest BCUT2D eigenvalue weighted by Gasteiger charge is -2.28. The van der Waals surface area contributed by atoms with E-state index in [0.29, 0.717) is 31.9 Å². The number of methoxy groups -OCH3 is 1. The van der Waals surface area contributed by atoms with E-state index in [1.807, 2.05) is 42.5 Å². The topological polar surface area (TPSA) is 55.8 Å². The summed E-state index contributed by atoms with van der Waals surface area (Å²) < 4.78 is 10.5. The molecule has 1 atom stereocenters. The molecule has 1 fully saturated rings. The first-order valence-electron chi connectivity index (χ1n) is 8.78. The molecule has 2 aromatic rings. The van der Waals surface area contributed by atoms with Gasteiger partial charge in [-0.1, -0.05) is 42.5 Å². The fourth-order valence-electron chi connectivity index (χ4n) is 3.12. The molecule has 0 unspecified atom stereocenters. The summed E-state index contributed by atoms with van der Waals surface area (Å²) in [5, 5.41) is 0. The number of hydrogen-bond acceptors (Lipinski definition) is 4. The molecule has 136 valence electrons. The number of carbonyl (C=O) groups excluding carboxylic acids is 2. The maximum Gasteiger partial charge on any atom is 0.223 e. The summed E-state index contributed by atoms with van der Waals surface area (Å²) >= 11 is 0. The highest BCUT2D eigenvalue weighted by atomic mass is 16.5. The molecule has 1 saturated heterocycles. The Morgan fingerprint density at radius 2 is 1.69 bits per heavy atom. The van der Waals surface area contributed by atoms with E-state index in [4.69, 9.17) is 9.47 Å². The molecule has 0 saturated carbocycles. The summed E-state index contributed by atoms with van der Waals surface area (Å²) in [4.78, 5) is 27.6. The molecule has 0 bridgehead atoms. The third-order valence-corrected chi connectivity index (χ3v) is 4.64. The first-order chi connectivity index (χ1) is 12.7. The minimum atomic E-state index is -0.515. The Balaban J connectivity index is 1.85. The number of morpholine rings is 1. The number of Topliss-reactive ketones (excluding diaryl/α,β-unsaturated/α-hetero) is 1. The van der Waals surface area contributed by atoms with E-state index in [2.05, 4.69) is 0 Å². The molecule has 0 aromatic heterocycles. The van der Waals surface area contributed by atoms with Crippen LogP contribution in [0, 0.1) is 0 Å². The lowest BCUT2D eigenvalue weighted by atomic mass is 9.87. The molecule has 0 radical (unpaired) electrons. The Kier molecular flexibility index (Phi) is 6.02. The first kappa shape index (κ1) is 18.1. The highest BCUT2D eigenvalue weighted by Gasteiger charge is 2.28. The molecule has 2 aromatic carbocycles. The van der Waals surface area contributed by atoms with Gasteiger partial charge in [0.25, 0.3) is 0 Å². The molecule has 1 heterocycles. The van der Waals surface area contributed by atoms with Crippen molar-refractivity contribution >= 4 is 11.7 Å². The van der Waals surface area contributed by atoms with Crippen LogP contribution < -0.4 is 4.74 Å². The molecule has 1 amide bonds. The van der Waals surface area contributed by atoms with Crippen LogP contribution in [0.2, 0.25) is 0 Å². The Bertz CT molecular complexity index is 736. The van der Waals surface area contributed by atoms with E-state index >= 15 is 0 Å². The largest absolute Gasteiger partial charge is 0.497 e. The Morgan fingerprint density at radius 1 is 1.04 bits per heavy atom. The van der Waals surface area contributed by atoms with Crippen molar-refractivity contribution in [1.29, 1.82) is 0 Å². The first-order valence-corrected chi connectivity index (χ1v) is 8.78. The van der Waals surface area contributed by atoms with E-state index in [-0.39, 0.29) is 18.1 Å². The Labute approximate surface area is 153 Å². The van der Waals surface area contributed by atoms with Crippen LogP contribution in [-0.2, 0) is 9.53 Å². The van der Waals surface area contributed by atoms with Crippen LogP contribution in [0.5, 0.6) is 5.75 Å². The fourth-order valence-corrected chi connectivity index (χ4v) is 3.12. The average molecular weight is 353 g/mol. The van der Waals surface area contributed by atoms with E-state index in [1.54, 1.807) is 24.1 Å². The number of ketones is 1. The van der Waals surface area contributed by atoms with Crippen molar-refractivity contribution in [1.82, 2.24) is 4.90 Å². The molecule has 0 spiro atoms. The van der Waals surface area contributed by atoms with Gasteiger partial charge >= 0.3 is 0 Å². The molecule has 5 nitrogen and oxygen atoms in total. The Hall–Kier alpha value is -2.66. The fraction of sp³-hybridized carbons (Fsp3) is 0.333. The molecule has 5 heteroatoms. The smallest absolute Gasteiger partial charge is 0.223 e. The second-order valence-corrected chi connectivity index (χ2v) is 6.25. The monoisotopic (exact) mass is 353 g/mol. The van der Waals surface area contributed by atoms with Crippen LogP contribution in [0.15, 0.2) is 54.6 Å². The van der Waals surface area contributed by atoms with Crippen LogP contribution in [-0.4, -0.2) is 50.0 Å². The predicted octanol–water partition coefficient (Wildman–Crippen LogP) is 2.91. The maximum atomic E-state index is 13.1. The molecule has 1 aliphatic heterocycles. The lowest BCUT2D eigenvalue weighted by Crippen LogP contribution is -2.41. The van der Waals surface area contributed by atoms with E-state index in [0.717, 1.165) is 11.3 Å². The van der Waals surface area contributed by atoms with E-state index in [1.165, 1.54) is 0 Å². The summed E-state index contributed by atoms with van der Waals surface area (Å²) in [5.74, 6) is 0.147. The quantitative estimate of drug-likeness (QED) is 0.750. The van der Waals surface area contributed by atoms with Gasteiger partial charge in [-0.25, -0.2) is 0 Å². The highest BCUT2D eigenvalue weighted by molar-refractivity contribution is 6.03. The van der Waals surface area contributed by atoms with Gasteiger partial charge in [-0.2, -0.15) is 0 Å². The van der Waals surface area contributed by atoms with Gasteiger partial charge in [-0.15, -0.1) is 0 Å². The third kappa shape index (κ3) is 4.29. The highest BCUT2D eigenvalue weighted by Crippen LogP contribution is 2.27. The molecule has 26 heavy (non-hydrogen) atoms. The molecule has 0 aliphatic carbocycles. The van der Waals surface area contributed by atoms with Gasteiger partial charge < -0.3 is 14.4 Å². The normalized spacial score (nSPS) is 15.3. The van der Waals surface area contributed by atoms with Crippen molar-refractivity contribution < 1.29 is 19.1 Å². The van der Waals surface area contributed by atoms with Crippen molar-refractivity contribution in [2.24, 2.45) is 0 Å². The maximum absolute atomic E-state index is 13.1. The van der Waals surface area contributed by atoms with Crippen LogP contribution in [0.1, 0.15) is 28.3 Å². The lowest BCUT2D eigenvalue weighted by molar-refractivity contribution is -0.135. The van der Waals surface area contributed by atoms with Gasteiger partial charge in [0.15, 0.2) is 5.78 Å². The number of amides is 1. The minimum absolute atomic E-state index is 0.0154. The standard InChI is InChI=1S/C21H23NO4/c1-25-18-9-7-16(8-10-18)19(21(24)17-5-3-2-4-6-17)15-20(23)22-11-13-26-14-12-22/h2-10,19H,11-15H2,1H3/t19-/m1/s1. The number of rotatable bonds is 6. The zero-order chi connectivity index (χ0) is 18.4. The van der Waals surface area contributed by atoms with Crippen molar-refractivity contribution in [3.63, 3.8) is 0 Å². The van der Waals surface area contributed by atoms with Gasteiger partial charge in [0.2, 0.25) is 5.91 Å². The van der Waals surface area contributed by atoms with Crippen LogP contribution >= 0.6 is 0 Å². The molecule has 3 rings (SSSR count). The number of benzene rings is 2. The summed E-state index contributed by atoms with van der Waals surface area (Å²) in [7, 11) is 1.60. The van der Waals surface area contributed by atoms with Crippen molar-refractivity contribution in [3.05, 3.63) is 65.7 Å². The Morgan fingerprint density at radius 3 is 2.31 bits per heavy atom. The van der Waals surface area contributed by atoms with Crippen LogP contribution in [0.3, 0.4) is 0 Å². The summed E-state index contributed by atoms with van der Waals surface area (Å²) in [6.45, 7) is 2.25. The number of nitrogens with zero attached hydrogens (tertiary/aromatic N) is 1. The van der Waals surface area contributed by atoms with Crippen molar-refractivity contribution in [3.8, 4) is 5.75 Å². The van der Waals surface area contributed by atoms with Crippen molar-refractivity contribution in [2.45, 2.75) is 12.3 Å². The second kappa shape index (κ2) is 8.63. The second-order valence-electron chi connectivity index (χ2n) is 6.25. The number of ether oxygens (including phenoxy) is 2. The molecule has 1 aliphatic rings. The third-order valence-electron chi connectivity index (χ3n) is 4.64. The van der Waals surface area contributed by atoms with E-state index < -0.39 is 5.92 Å². The van der Waals surface area contributed by atoms with Crippen LogP contribution in [0.4, 0.5) is 0 Å². The zero-order valence-corrected chi connectivity index (χ0v) is 14.9.